The molecule has 2 heterocycles. The van der Waals surface area contributed by atoms with Crippen LogP contribution >= 0.6 is 0 Å². The third-order valence-corrected chi connectivity index (χ3v) is 4.23. The smallest absolute Gasteiger partial charge is 0.232 e. The SMILES string of the molecule is O=C1C2CCC(C2)C(=O)N1CC1CCCN1. The summed E-state index contributed by atoms with van der Waals surface area (Å²) in [5, 5.41) is 3.35. The van der Waals surface area contributed by atoms with E-state index in [0.717, 1.165) is 38.6 Å². The number of hydrogen-bond acceptors (Lipinski definition) is 3. The van der Waals surface area contributed by atoms with Crippen LogP contribution in [-0.2, 0) is 9.59 Å². The van der Waals surface area contributed by atoms with Gasteiger partial charge in [-0.2, -0.15) is 0 Å². The van der Waals surface area contributed by atoms with Crippen molar-refractivity contribution in [2.75, 3.05) is 13.1 Å². The van der Waals surface area contributed by atoms with Gasteiger partial charge in [0.05, 0.1) is 0 Å². The third kappa shape index (κ3) is 1.56. The maximum Gasteiger partial charge on any atom is 0.232 e. The first-order valence-corrected chi connectivity index (χ1v) is 6.34. The van der Waals surface area contributed by atoms with Crippen LogP contribution in [0.15, 0.2) is 0 Å². The molecule has 0 aromatic heterocycles. The number of rotatable bonds is 2. The second-order valence-electron chi connectivity index (χ2n) is 5.29. The zero-order chi connectivity index (χ0) is 11.1. The summed E-state index contributed by atoms with van der Waals surface area (Å²) in [6.07, 6.45) is 4.90. The second-order valence-corrected chi connectivity index (χ2v) is 5.29. The van der Waals surface area contributed by atoms with E-state index < -0.39 is 0 Å². The highest BCUT2D eigenvalue weighted by molar-refractivity contribution is 6.00. The summed E-state index contributed by atoms with van der Waals surface area (Å²) in [5.74, 6) is 0.466. The van der Waals surface area contributed by atoms with E-state index >= 15 is 0 Å². The molecule has 2 amide bonds. The van der Waals surface area contributed by atoms with Crippen molar-refractivity contribution in [3.05, 3.63) is 0 Å². The van der Waals surface area contributed by atoms with Crippen molar-refractivity contribution in [3.63, 3.8) is 0 Å². The van der Waals surface area contributed by atoms with E-state index in [4.69, 9.17) is 0 Å². The van der Waals surface area contributed by atoms with Gasteiger partial charge in [0.15, 0.2) is 0 Å². The van der Waals surface area contributed by atoms with Crippen molar-refractivity contribution < 1.29 is 9.59 Å². The third-order valence-electron chi connectivity index (χ3n) is 4.23. The van der Waals surface area contributed by atoms with Crippen LogP contribution in [0.3, 0.4) is 0 Å². The Hall–Kier alpha value is -0.900. The van der Waals surface area contributed by atoms with Crippen molar-refractivity contribution in [1.82, 2.24) is 10.2 Å². The first-order valence-electron chi connectivity index (χ1n) is 6.34. The predicted octanol–water partition coefficient (Wildman–Crippen LogP) is 0.523. The molecule has 3 unspecified atom stereocenters. The molecule has 1 saturated carbocycles. The van der Waals surface area contributed by atoms with Gasteiger partial charge < -0.3 is 5.32 Å². The Morgan fingerprint density at radius 1 is 1.12 bits per heavy atom. The van der Waals surface area contributed by atoms with Crippen LogP contribution in [0.1, 0.15) is 32.1 Å². The number of carbonyl (C=O) groups excluding carboxylic acids is 2. The summed E-state index contributed by atoms with van der Waals surface area (Å²) < 4.78 is 0. The van der Waals surface area contributed by atoms with Gasteiger partial charge in [0.2, 0.25) is 11.8 Å². The van der Waals surface area contributed by atoms with Crippen LogP contribution in [0.4, 0.5) is 0 Å². The highest BCUT2D eigenvalue weighted by atomic mass is 16.2. The minimum absolute atomic E-state index is 0.0902. The Labute approximate surface area is 95.4 Å². The minimum atomic E-state index is 0.0902. The average Bonchev–Trinajstić information content (AvgIpc) is 2.92. The number of carbonyl (C=O) groups is 2. The van der Waals surface area contributed by atoms with Gasteiger partial charge in [0.25, 0.3) is 0 Å². The van der Waals surface area contributed by atoms with Crippen LogP contribution in [0, 0.1) is 11.8 Å². The molecule has 3 rings (SSSR count). The number of hydrogen-bond donors (Lipinski definition) is 1. The molecule has 3 atom stereocenters. The molecule has 3 aliphatic rings. The molecule has 2 bridgehead atoms. The first kappa shape index (κ1) is 10.3. The van der Waals surface area contributed by atoms with Gasteiger partial charge in [-0.1, -0.05) is 0 Å². The predicted molar refractivity (Wildman–Crippen MR) is 58.6 cm³/mol. The van der Waals surface area contributed by atoms with E-state index in [1.807, 2.05) is 0 Å². The Morgan fingerprint density at radius 3 is 2.38 bits per heavy atom. The fourth-order valence-electron chi connectivity index (χ4n) is 3.29. The zero-order valence-corrected chi connectivity index (χ0v) is 9.45. The van der Waals surface area contributed by atoms with Crippen LogP contribution in [0.5, 0.6) is 0 Å². The first-order chi connectivity index (χ1) is 7.75. The quantitative estimate of drug-likeness (QED) is 0.693. The fraction of sp³-hybridized carbons (Fsp3) is 0.833. The van der Waals surface area contributed by atoms with E-state index in [1.54, 1.807) is 0 Å². The van der Waals surface area contributed by atoms with E-state index in [9.17, 15) is 9.59 Å². The summed E-state index contributed by atoms with van der Waals surface area (Å²) in [7, 11) is 0. The van der Waals surface area contributed by atoms with Crippen LogP contribution in [-0.4, -0.2) is 35.8 Å². The summed E-state index contributed by atoms with van der Waals surface area (Å²) in [6, 6.07) is 0.338. The molecule has 0 aromatic rings. The van der Waals surface area contributed by atoms with E-state index in [-0.39, 0.29) is 23.7 Å². The number of imide groups is 1. The molecule has 0 spiro atoms. The van der Waals surface area contributed by atoms with Gasteiger partial charge in [-0.3, -0.25) is 14.5 Å². The highest BCUT2D eigenvalue weighted by Gasteiger charge is 2.45. The Kier molecular flexibility index (Phi) is 2.46. The molecule has 2 aliphatic heterocycles. The molecule has 4 heteroatoms. The van der Waals surface area contributed by atoms with E-state index in [1.165, 1.54) is 4.90 Å². The van der Waals surface area contributed by atoms with Gasteiger partial charge in [-0.05, 0) is 38.6 Å². The molecular weight excluding hydrogens is 204 g/mol. The summed E-state index contributed by atoms with van der Waals surface area (Å²) in [5.41, 5.74) is 0. The maximum atomic E-state index is 12.1. The van der Waals surface area contributed by atoms with Gasteiger partial charge in [-0.15, -0.1) is 0 Å². The lowest BCUT2D eigenvalue weighted by atomic mass is 9.96. The largest absolute Gasteiger partial charge is 0.312 e. The summed E-state index contributed by atoms with van der Waals surface area (Å²) >= 11 is 0. The maximum absolute atomic E-state index is 12.1. The molecule has 2 saturated heterocycles. The molecule has 4 nitrogen and oxygen atoms in total. The van der Waals surface area contributed by atoms with Crippen LogP contribution in [0.25, 0.3) is 0 Å². The molecule has 1 N–H and O–H groups in total. The van der Waals surface area contributed by atoms with Crippen molar-refractivity contribution in [2.24, 2.45) is 11.8 Å². The Morgan fingerprint density at radius 2 is 1.81 bits per heavy atom. The standard InChI is InChI=1S/C12H18N2O2/c15-11-8-3-4-9(6-8)12(16)14(11)7-10-2-1-5-13-10/h8-10,13H,1-7H2. The van der Waals surface area contributed by atoms with Gasteiger partial charge in [0.1, 0.15) is 0 Å². The van der Waals surface area contributed by atoms with E-state index in [2.05, 4.69) is 5.32 Å². The van der Waals surface area contributed by atoms with Crippen LogP contribution in [0.2, 0.25) is 0 Å². The monoisotopic (exact) mass is 222 g/mol. The van der Waals surface area contributed by atoms with Crippen LogP contribution < -0.4 is 5.32 Å². The number of piperidine rings is 1. The van der Waals surface area contributed by atoms with Crippen molar-refractivity contribution in [2.45, 2.75) is 38.1 Å². The highest BCUT2D eigenvalue weighted by Crippen LogP contribution is 2.38. The lowest BCUT2D eigenvalue weighted by molar-refractivity contribution is -0.153. The number of nitrogens with zero attached hydrogens (tertiary/aromatic N) is 1. The Bertz CT molecular complexity index is 301. The molecular formula is C12H18N2O2. The summed E-state index contributed by atoms with van der Waals surface area (Å²) in [6.45, 7) is 1.62. The number of amides is 2. The molecule has 16 heavy (non-hydrogen) atoms. The summed E-state index contributed by atoms with van der Waals surface area (Å²) in [4.78, 5) is 25.7. The Balaban J connectivity index is 1.72. The van der Waals surface area contributed by atoms with Gasteiger partial charge in [0, 0.05) is 24.4 Å². The van der Waals surface area contributed by atoms with Crippen molar-refractivity contribution >= 4 is 11.8 Å². The normalized spacial score (nSPS) is 38.5. The topological polar surface area (TPSA) is 49.4 Å². The van der Waals surface area contributed by atoms with Crippen molar-refractivity contribution in [1.29, 1.82) is 0 Å². The average molecular weight is 222 g/mol. The zero-order valence-electron chi connectivity index (χ0n) is 9.45. The molecule has 88 valence electrons. The molecule has 3 fully saturated rings. The number of likely N-dealkylation sites (tertiary alicyclic amines) is 1. The van der Waals surface area contributed by atoms with Gasteiger partial charge >= 0.3 is 0 Å². The molecule has 0 radical (unpaired) electrons. The van der Waals surface area contributed by atoms with Gasteiger partial charge in [-0.25, -0.2) is 0 Å². The van der Waals surface area contributed by atoms with E-state index in [0.29, 0.717) is 12.6 Å². The lowest BCUT2D eigenvalue weighted by Gasteiger charge is -2.31. The number of fused-ring (bicyclic) bond motifs is 2. The number of nitrogens with one attached hydrogen (secondary N) is 1. The fourth-order valence-corrected chi connectivity index (χ4v) is 3.29. The lowest BCUT2D eigenvalue weighted by Crippen LogP contribution is -2.50. The molecule has 1 aliphatic carbocycles. The minimum Gasteiger partial charge on any atom is -0.312 e. The van der Waals surface area contributed by atoms with Crippen molar-refractivity contribution in [3.8, 4) is 0 Å². The second kappa shape index (κ2) is 3.84. The molecule has 0 aromatic carbocycles.